The summed E-state index contributed by atoms with van der Waals surface area (Å²) >= 11 is 0. The average molecular weight is 464 g/mol. The molecule has 7 nitrogen and oxygen atoms in total. The highest BCUT2D eigenvalue weighted by Gasteiger charge is 2.37. The second kappa shape index (κ2) is 10.6. The summed E-state index contributed by atoms with van der Waals surface area (Å²) in [6.45, 7) is 4.48. The first kappa shape index (κ1) is 23.7. The van der Waals surface area contributed by atoms with Crippen molar-refractivity contribution in [3.05, 3.63) is 59.3 Å². The number of methoxy groups -OCH3 is 2. The molecule has 1 N–H and O–H groups in total. The van der Waals surface area contributed by atoms with Gasteiger partial charge in [0.2, 0.25) is 5.95 Å². The van der Waals surface area contributed by atoms with Crippen molar-refractivity contribution in [1.82, 2.24) is 9.55 Å². The lowest BCUT2D eigenvalue weighted by Gasteiger charge is -2.31. The van der Waals surface area contributed by atoms with Crippen LogP contribution < -0.4 is 14.8 Å². The van der Waals surface area contributed by atoms with E-state index in [1.54, 1.807) is 14.2 Å². The largest absolute Gasteiger partial charge is 0.493 e. The second-order valence-electron chi connectivity index (χ2n) is 8.49. The first-order valence-corrected chi connectivity index (χ1v) is 11.9. The van der Waals surface area contributed by atoms with Crippen molar-refractivity contribution in [2.45, 2.75) is 52.0 Å². The van der Waals surface area contributed by atoms with Crippen LogP contribution in [0.3, 0.4) is 0 Å². The van der Waals surface area contributed by atoms with E-state index in [0.29, 0.717) is 35.3 Å². The first-order valence-electron chi connectivity index (χ1n) is 11.9. The van der Waals surface area contributed by atoms with Crippen LogP contribution in [0.4, 0.5) is 5.95 Å². The molecule has 1 atom stereocenters. The average Bonchev–Trinajstić information content (AvgIpc) is 3.22. The Morgan fingerprint density at radius 3 is 2.59 bits per heavy atom. The van der Waals surface area contributed by atoms with Crippen LogP contribution in [0.25, 0.3) is 11.0 Å². The predicted molar refractivity (Wildman–Crippen MR) is 133 cm³/mol. The lowest BCUT2D eigenvalue weighted by molar-refractivity contribution is -0.139. The Hall–Kier alpha value is -3.48. The standard InChI is InChI=1S/C27H33N3O4/c1-5-6-7-8-11-17-34-26(31)23-18(2)28-27-29-20-14-9-10-15-21(20)30(27)24(23)19-13-12-16-22(32-3)25(19)33-4/h9-10,12-16,24H,5-8,11,17H2,1-4H3,(H,28,29)/t24-/m1/s1. The van der Waals surface area contributed by atoms with Gasteiger partial charge in [0.1, 0.15) is 0 Å². The summed E-state index contributed by atoms with van der Waals surface area (Å²) in [4.78, 5) is 18.2. The highest BCUT2D eigenvalue weighted by molar-refractivity contribution is 5.94. The summed E-state index contributed by atoms with van der Waals surface area (Å²) in [6.07, 6.45) is 5.46. The maximum atomic E-state index is 13.5. The molecule has 0 unspecified atom stereocenters. The van der Waals surface area contributed by atoms with Gasteiger partial charge in [-0.1, -0.05) is 56.9 Å². The second-order valence-corrected chi connectivity index (χ2v) is 8.49. The van der Waals surface area contributed by atoms with E-state index in [9.17, 15) is 4.79 Å². The van der Waals surface area contributed by atoms with Crippen molar-refractivity contribution < 1.29 is 19.0 Å². The van der Waals surface area contributed by atoms with E-state index < -0.39 is 6.04 Å². The highest BCUT2D eigenvalue weighted by Crippen LogP contribution is 2.45. The molecule has 1 aliphatic heterocycles. The van der Waals surface area contributed by atoms with Gasteiger partial charge in [-0.05, 0) is 31.5 Å². The molecule has 0 fully saturated rings. The SMILES string of the molecule is CCCCCCCOC(=O)C1=C(C)Nc2nc3ccccc3n2[C@@H]1c1cccc(OC)c1OC. The Balaban J connectivity index is 1.77. The molecular weight excluding hydrogens is 430 g/mol. The van der Waals surface area contributed by atoms with Gasteiger partial charge in [0.25, 0.3) is 0 Å². The van der Waals surface area contributed by atoms with E-state index in [1.165, 1.54) is 12.8 Å². The van der Waals surface area contributed by atoms with Crippen LogP contribution in [0.15, 0.2) is 53.7 Å². The summed E-state index contributed by atoms with van der Waals surface area (Å²) in [6, 6.07) is 13.1. The third kappa shape index (κ3) is 4.47. The van der Waals surface area contributed by atoms with Crippen LogP contribution in [0.1, 0.15) is 57.6 Å². The minimum Gasteiger partial charge on any atom is -0.493 e. The van der Waals surface area contributed by atoms with E-state index >= 15 is 0 Å². The van der Waals surface area contributed by atoms with E-state index in [2.05, 4.69) is 12.2 Å². The van der Waals surface area contributed by atoms with Crippen molar-refractivity contribution in [3.63, 3.8) is 0 Å². The van der Waals surface area contributed by atoms with Crippen molar-refractivity contribution in [2.24, 2.45) is 0 Å². The zero-order valence-electron chi connectivity index (χ0n) is 20.4. The van der Waals surface area contributed by atoms with E-state index in [1.807, 2.05) is 54.0 Å². The summed E-state index contributed by atoms with van der Waals surface area (Å²) in [5, 5.41) is 3.32. The molecule has 4 rings (SSSR count). The number of unbranched alkanes of at least 4 members (excludes halogenated alkanes) is 4. The van der Waals surface area contributed by atoms with Gasteiger partial charge in [0.05, 0.1) is 43.5 Å². The number of para-hydroxylation sites is 3. The first-order chi connectivity index (χ1) is 16.6. The number of benzene rings is 2. The molecule has 3 aromatic rings. The minimum absolute atomic E-state index is 0.334. The van der Waals surface area contributed by atoms with Crippen molar-refractivity contribution in [2.75, 3.05) is 26.1 Å². The smallest absolute Gasteiger partial charge is 0.338 e. The Kier molecular flexibility index (Phi) is 7.40. The van der Waals surface area contributed by atoms with Gasteiger partial charge in [-0.2, -0.15) is 0 Å². The number of rotatable bonds is 10. The molecule has 2 aromatic carbocycles. The van der Waals surface area contributed by atoms with E-state index in [-0.39, 0.29) is 5.97 Å². The Bertz CT molecular complexity index is 1200. The molecular formula is C27H33N3O4. The molecule has 34 heavy (non-hydrogen) atoms. The third-order valence-electron chi connectivity index (χ3n) is 6.26. The number of nitrogens with one attached hydrogen (secondary N) is 1. The zero-order valence-corrected chi connectivity index (χ0v) is 20.4. The summed E-state index contributed by atoms with van der Waals surface area (Å²) < 4.78 is 19.1. The summed E-state index contributed by atoms with van der Waals surface area (Å²) in [5.74, 6) is 1.52. The Morgan fingerprint density at radius 1 is 1.03 bits per heavy atom. The van der Waals surface area contributed by atoms with Crippen LogP contribution >= 0.6 is 0 Å². The Labute approximate surface area is 200 Å². The predicted octanol–water partition coefficient (Wildman–Crippen LogP) is 5.86. The number of aromatic nitrogens is 2. The van der Waals surface area contributed by atoms with Gasteiger partial charge in [-0.15, -0.1) is 0 Å². The van der Waals surface area contributed by atoms with Crippen LogP contribution in [0, 0.1) is 0 Å². The normalized spacial score (nSPS) is 15.1. The fourth-order valence-electron chi connectivity index (χ4n) is 4.60. The summed E-state index contributed by atoms with van der Waals surface area (Å²) in [7, 11) is 3.22. The topological polar surface area (TPSA) is 74.6 Å². The Morgan fingerprint density at radius 2 is 1.82 bits per heavy atom. The number of esters is 1. The zero-order chi connectivity index (χ0) is 24.1. The molecule has 0 spiro atoms. The molecule has 0 bridgehead atoms. The molecule has 1 aromatic heterocycles. The quantitative estimate of drug-likeness (QED) is 0.300. The van der Waals surface area contributed by atoms with E-state index in [4.69, 9.17) is 19.2 Å². The fourth-order valence-corrected chi connectivity index (χ4v) is 4.60. The molecule has 7 heteroatoms. The highest BCUT2D eigenvalue weighted by atomic mass is 16.5. The fraction of sp³-hybridized carbons (Fsp3) is 0.407. The summed E-state index contributed by atoms with van der Waals surface area (Å²) in [5.41, 5.74) is 3.82. The third-order valence-corrected chi connectivity index (χ3v) is 6.26. The van der Waals surface area contributed by atoms with Crippen molar-refractivity contribution in [3.8, 4) is 11.5 Å². The number of carbonyl (C=O) groups excluding carboxylic acids is 1. The number of nitrogens with zero attached hydrogens (tertiary/aromatic N) is 2. The monoisotopic (exact) mass is 463 g/mol. The van der Waals surface area contributed by atoms with Gasteiger partial charge in [-0.25, -0.2) is 9.78 Å². The number of fused-ring (bicyclic) bond motifs is 3. The van der Waals surface area contributed by atoms with Crippen LogP contribution in [0.5, 0.6) is 11.5 Å². The maximum absolute atomic E-state index is 13.5. The molecule has 0 amide bonds. The number of carbonyl (C=O) groups is 1. The minimum atomic E-state index is -0.485. The molecule has 1 aliphatic rings. The molecule has 0 aliphatic carbocycles. The van der Waals surface area contributed by atoms with E-state index in [0.717, 1.165) is 35.9 Å². The number of anilines is 1. The number of imidazole rings is 1. The van der Waals surface area contributed by atoms with Crippen LogP contribution in [0.2, 0.25) is 0 Å². The van der Waals surface area contributed by atoms with Crippen LogP contribution in [-0.4, -0.2) is 36.3 Å². The lowest BCUT2D eigenvalue weighted by Crippen LogP contribution is -2.29. The molecule has 2 heterocycles. The number of ether oxygens (including phenoxy) is 3. The van der Waals surface area contributed by atoms with Crippen molar-refractivity contribution >= 4 is 23.0 Å². The van der Waals surface area contributed by atoms with Crippen LogP contribution in [-0.2, 0) is 9.53 Å². The molecule has 0 radical (unpaired) electrons. The van der Waals surface area contributed by atoms with Gasteiger partial charge in [0, 0.05) is 11.3 Å². The van der Waals surface area contributed by atoms with Gasteiger partial charge < -0.3 is 19.5 Å². The molecule has 0 saturated carbocycles. The van der Waals surface area contributed by atoms with Gasteiger partial charge in [-0.3, -0.25) is 4.57 Å². The van der Waals surface area contributed by atoms with Crippen molar-refractivity contribution in [1.29, 1.82) is 0 Å². The maximum Gasteiger partial charge on any atom is 0.338 e. The van der Waals surface area contributed by atoms with Gasteiger partial charge >= 0.3 is 5.97 Å². The lowest BCUT2D eigenvalue weighted by atomic mass is 9.94. The molecule has 180 valence electrons. The number of hydrogen-bond donors (Lipinski definition) is 1. The number of allylic oxidation sites excluding steroid dienone is 1. The van der Waals surface area contributed by atoms with Gasteiger partial charge in [0.15, 0.2) is 11.5 Å². The molecule has 0 saturated heterocycles. The number of hydrogen-bond acceptors (Lipinski definition) is 6.